The molecule has 0 amide bonds. The Labute approximate surface area is 102 Å². The molecule has 1 aromatic rings. The van der Waals surface area contributed by atoms with Crippen LogP contribution in [0.4, 0.5) is 0 Å². The number of aromatic nitrogens is 2. The second kappa shape index (κ2) is 5.31. The molecule has 1 aromatic heterocycles. The number of hydrogen-bond acceptors (Lipinski definition) is 3. The molecule has 0 saturated carbocycles. The lowest BCUT2D eigenvalue weighted by Crippen LogP contribution is -2.40. The summed E-state index contributed by atoms with van der Waals surface area (Å²) in [5.41, 5.74) is 6.83. The predicted octanol–water partition coefficient (Wildman–Crippen LogP) is 1.05. The van der Waals surface area contributed by atoms with Gasteiger partial charge in [0.15, 0.2) is 0 Å². The van der Waals surface area contributed by atoms with Crippen molar-refractivity contribution in [1.82, 2.24) is 14.7 Å². The highest BCUT2D eigenvalue weighted by molar-refractivity contribution is 5.79. The van der Waals surface area contributed by atoms with Crippen LogP contribution >= 0.6 is 0 Å². The number of nitrogens with two attached hydrogens (primary N) is 1. The van der Waals surface area contributed by atoms with Gasteiger partial charge in [-0.15, -0.1) is 0 Å². The van der Waals surface area contributed by atoms with Crippen LogP contribution in [0.2, 0.25) is 0 Å². The first-order valence-corrected chi connectivity index (χ1v) is 6.26. The first kappa shape index (κ1) is 12.1. The summed E-state index contributed by atoms with van der Waals surface area (Å²) in [5.74, 6) is 0.573. The van der Waals surface area contributed by atoms with Gasteiger partial charge >= 0.3 is 0 Å². The molecule has 1 saturated heterocycles. The van der Waals surface area contributed by atoms with Crippen molar-refractivity contribution in [3.05, 3.63) is 18.0 Å². The third kappa shape index (κ3) is 3.06. The number of likely N-dealkylation sites (tertiary alicyclic amines) is 1. The zero-order valence-corrected chi connectivity index (χ0v) is 10.4. The molecule has 0 spiro atoms. The molecule has 0 bridgehead atoms. The normalized spacial score (nSPS) is 21.6. The van der Waals surface area contributed by atoms with E-state index >= 15 is 0 Å². The summed E-state index contributed by atoms with van der Waals surface area (Å²) in [6.45, 7) is 5.93. The first-order chi connectivity index (χ1) is 8.19. The van der Waals surface area contributed by atoms with Gasteiger partial charge in [0.05, 0.1) is 12.0 Å². The lowest BCUT2D eigenvalue weighted by molar-refractivity contribution is 0.196. The minimum absolute atomic E-state index is 0.241. The van der Waals surface area contributed by atoms with Crippen LogP contribution in [-0.4, -0.2) is 33.6 Å². The third-order valence-electron chi connectivity index (χ3n) is 3.36. The molecule has 1 aliphatic heterocycles. The van der Waals surface area contributed by atoms with Gasteiger partial charge < -0.3 is 5.73 Å². The van der Waals surface area contributed by atoms with Gasteiger partial charge in [-0.25, -0.2) is 0 Å². The Morgan fingerprint density at radius 2 is 2.47 bits per heavy atom. The van der Waals surface area contributed by atoms with Gasteiger partial charge in [-0.1, -0.05) is 0 Å². The van der Waals surface area contributed by atoms with E-state index in [0.717, 1.165) is 39.0 Å². The summed E-state index contributed by atoms with van der Waals surface area (Å²) in [6.07, 6.45) is 6.21. The molecule has 5 nitrogen and oxygen atoms in total. The fourth-order valence-corrected chi connectivity index (χ4v) is 2.37. The maximum absolute atomic E-state index is 7.53. The Hall–Kier alpha value is -1.36. The van der Waals surface area contributed by atoms with Crippen molar-refractivity contribution in [1.29, 1.82) is 5.41 Å². The molecular weight excluding hydrogens is 214 g/mol. The van der Waals surface area contributed by atoms with Crippen LogP contribution in [0.25, 0.3) is 0 Å². The highest BCUT2D eigenvalue weighted by Crippen LogP contribution is 2.18. The van der Waals surface area contributed by atoms with Crippen LogP contribution in [0.5, 0.6) is 0 Å². The predicted molar refractivity (Wildman–Crippen MR) is 67.8 cm³/mol. The van der Waals surface area contributed by atoms with Crippen LogP contribution in [0.1, 0.15) is 25.3 Å². The van der Waals surface area contributed by atoms with Crippen molar-refractivity contribution < 1.29 is 0 Å². The monoisotopic (exact) mass is 235 g/mol. The minimum Gasteiger partial charge on any atom is -0.387 e. The van der Waals surface area contributed by atoms with Crippen LogP contribution in [0.3, 0.4) is 0 Å². The molecule has 0 aliphatic carbocycles. The number of rotatable bonds is 4. The average Bonchev–Trinajstić information content (AvgIpc) is 2.77. The fourth-order valence-electron chi connectivity index (χ4n) is 2.37. The number of nitrogens with one attached hydrogen (secondary N) is 1. The molecule has 1 aliphatic rings. The molecule has 0 radical (unpaired) electrons. The maximum Gasteiger partial charge on any atom is 0.0949 e. The standard InChI is InChI=1S/C12H21N5/c1-2-17-8-10(6-15-17)7-16-5-3-4-11(9-16)12(13)14/h6,8,11H,2-5,7,9H2,1H3,(H3,13,14). The molecule has 2 heterocycles. The van der Waals surface area contributed by atoms with Crippen LogP contribution in [0.15, 0.2) is 12.4 Å². The van der Waals surface area contributed by atoms with Gasteiger partial charge in [-0.3, -0.25) is 15.0 Å². The minimum atomic E-state index is 0.241. The fraction of sp³-hybridized carbons (Fsp3) is 0.667. The second-order valence-corrected chi connectivity index (χ2v) is 4.73. The van der Waals surface area contributed by atoms with Gasteiger partial charge in [0.1, 0.15) is 0 Å². The van der Waals surface area contributed by atoms with E-state index in [9.17, 15) is 0 Å². The number of piperidine rings is 1. The summed E-state index contributed by atoms with van der Waals surface area (Å²) in [5, 5.41) is 11.8. The van der Waals surface area contributed by atoms with E-state index in [1.165, 1.54) is 5.56 Å². The summed E-state index contributed by atoms with van der Waals surface area (Å²) >= 11 is 0. The first-order valence-electron chi connectivity index (χ1n) is 6.26. The molecule has 2 rings (SSSR count). The van der Waals surface area contributed by atoms with E-state index in [2.05, 4.69) is 23.1 Å². The third-order valence-corrected chi connectivity index (χ3v) is 3.36. The molecule has 5 heteroatoms. The van der Waals surface area contributed by atoms with E-state index in [0.29, 0.717) is 5.84 Å². The molecule has 94 valence electrons. The zero-order valence-electron chi connectivity index (χ0n) is 10.4. The molecule has 1 fully saturated rings. The van der Waals surface area contributed by atoms with Crippen molar-refractivity contribution in [2.24, 2.45) is 11.7 Å². The maximum atomic E-state index is 7.53. The Bertz CT molecular complexity index is 384. The Balaban J connectivity index is 1.92. The largest absolute Gasteiger partial charge is 0.387 e. The van der Waals surface area contributed by atoms with E-state index in [1.807, 2.05) is 10.9 Å². The van der Waals surface area contributed by atoms with Crippen molar-refractivity contribution in [2.75, 3.05) is 13.1 Å². The van der Waals surface area contributed by atoms with E-state index < -0.39 is 0 Å². The average molecular weight is 235 g/mol. The van der Waals surface area contributed by atoms with Gasteiger partial charge in [-0.05, 0) is 26.3 Å². The zero-order chi connectivity index (χ0) is 12.3. The summed E-state index contributed by atoms with van der Waals surface area (Å²) in [7, 11) is 0. The number of nitrogens with zero attached hydrogens (tertiary/aromatic N) is 3. The van der Waals surface area contributed by atoms with E-state index in [-0.39, 0.29) is 5.92 Å². The lowest BCUT2D eigenvalue weighted by Gasteiger charge is -2.31. The van der Waals surface area contributed by atoms with Gasteiger partial charge in [0.2, 0.25) is 0 Å². The van der Waals surface area contributed by atoms with Gasteiger partial charge in [0, 0.05) is 37.3 Å². The molecule has 0 aromatic carbocycles. The number of aryl methyl sites for hydroxylation is 1. The lowest BCUT2D eigenvalue weighted by atomic mass is 9.97. The summed E-state index contributed by atoms with van der Waals surface area (Å²) in [4.78, 5) is 2.37. The molecule has 17 heavy (non-hydrogen) atoms. The van der Waals surface area contributed by atoms with Crippen molar-refractivity contribution in [2.45, 2.75) is 32.9 Å². The molecule has 1 unspecified atom stereocenters. The van der Waals surface area contributed by atoms with Crippen molar-refractivity contribution in [3.8, 4) is 0 Å². The highest BCUT2D eigenvalue weighted by Gasteiger charge is 2.22. The topological polar surface area (TPSA) is 70.9 Å². The summed E-state index contributed by atoms with van der Waals surface area (Å²) < 4.78 is 1.95. The SMILES string of the molecule is CCn1cc(CN2CCCC(C(=N)N)C2)cn1. The molecular formula is C12H21N5. The smallest absolute Gasteiger partial charge is 0.0949 e. The summed E-state index contributed by atoms with van der Waals surface area (Å²) in [6, 6.07) is 0. The van der Waals surface area contributed by atoms with Gasteiger partial charge in [0.25, 0.3) is 0 Å². The van der Waals surface area contributed by atoms with Gasteiger partial charge in [-0.2, -0.15) is 5.10 Å². The highest BCUT2D eigenvalue weighted by atomic mass is 15.3. The van der Waals surface area contributed by atoms with Crippen LogP contribution in [-0.2, 0) is 13.1 Å². The van der Waals surface area contributed by atoms with E-state index in [1.54, 1.807) is 0 Å². The molecule has 3 N–H and O–H groups in total. The number of hydrogen-bond donors (Lipinski definition) is 2. The van der Waals surface area contributed by atoms with Crippen molar-refractivity contribution in [3.63, 3.8) is 0 Å². The Morgan fingerprint density at radius 3 is 3.12 bits per heavy atom. The van der Waals surface area contributed by atoms with Crippen LogP contribution < -0.4 is 5.73 Å². The Kier molecular flexibility index (Phi) is 3.78. The Morgan fingerprint density at radius 1 is 1.65 bits per heavy atom. The van der Waals surface area contributed by atoms with Crippen molar-refractivity contribution >= 4 is 5.84 Å². The quantitative estimate of drug-likeness (QED) is 0.605. The van der Waals surface area contributed by atoms with E-state index in [4.69, 9.17) is 11.1 Å². The van der Waals surface area contributed by atoms with Crippen LogP contribution in [0, 0.1) is 11.3 Å². The number of amidine groups is 1. The second-order valence-electron chi connectivity index (χ2n) is 4.73. The molecule has 1 atom stereocenters.